The second-order valence-corrected chi connectivity index (χ2v) is 3.48. The largest absolute Gasteiger partial charge is 0.174 e. The van der Waals surface area contributed by atoms with Crippen molar-refractivity contribution in [1.82, 2.24) is 0 Å². The van der Waals surface area contributed by atoms with E-state index in [4.69, 9.17) is 23.2 Å². The summed E-state index contributed by atoms with van der Waals surface area (Å²) in [6.45, 7) is 1.95. The molecule has 60 valence electrons. The Bertz CT molecular complexity index is 271. The van der Waals surface area contributed by atoms with E-state index < -0.39 is 0 Å². The number of hydrogen-bond acceptors (Lipinski definition) is 1. The van der Waals surface area contributed by atoms with Crippen LogP contribution in [0, 0.1) is 6.92 Å². The second kappa shape index (κ2) is 3.70. The van der Waals surface area contributed by atoms with E-state index in [-0.39, 0.29) is 0 Å². The van der Waals surface area contributed by atoms with Crippen molar-refractivity contribution in [2.24, 2.45) is 0 Å². The fourth-order valence-electron chi connectivity index (χ4n) is 0.838. The summed E-state index contributed by atoms with van der Waals surface area (Å²) in [6.07, 6.45) is 0. The van der Waals surface area contributed by atoms with Gasteiger partial charge in [-0.15, -0.1) is 0 Å². The van der Waals surface area contributed by atoms with Gasteiger partial charge in [0, 0.05) is 15.8 Å². The number of hydrogen-bond donors (Lipinski definition) is 1. The molecule has 0 aromatic heterocycles. The molecule has 1 aromatic carbocycles. The zero-order valence-electron chi connectivity index (χ0n) is 6.06. The molecular weight excluding hydrogens is 199 g/mol. The Balaban J connectivity index is 3.21. The Labute approximate surface area is 81.9 Å². The first-order valence-corrected chi connectivity index (χ1v) is 4.59. The van der Waals surface area contributed by atoms with Crippen molar-refractivity contribution in [3.8, 4) is 0 Å². The molecule has 1 rings (SSSR count). The quantitative estimate of drug-likeness (QED) is 0.666. The lowest BCUT2D eigenvalue weighted by molar-refractivity contribution is 1.36. The highest BCUT2D eigenvalue weighted by atomic mass is 35.5. The van der Waals surface area contributed by atoms with E-state index in [1.165, 1.54) is 0 Å². The molecule has 0 aliphatic carbocycles. The van der Waals surface area contributed by atoms with Crippen LogP contribution in [0.15, 0.2) is 12.1 Å². The zero-order chi connectivity index (χ0) is 8.43. The van der Waals surface area contributed by atoms with Crippen LogP contribution < -0.4 is 0 Å². The van der Waals surface area contributed by atoms with Gasteiger partial charge in [-0.05, 0) is 24.1 Å². The van der Waals surface area contributed by atoms with Crippen molar-refractivity contribution in [2.75, 3.05) is 0 Å². The van der Waals surface area contributed by atoms with Crippen LogP contribution in [0.4, 0.5) is 0 Å². The van der Waals surface area contributed by atoms with E-state index in [1.807, 2.05) is 13.0 Å². The minimum atomic E-state index is 0.650. The number of benzene rings is 1. The highest BCUT2D eigenvalue weighted by Gasteiger charge is 2.01. The zero-order valence-corrected chi connectivity index (χ0v) is 8.47. The number of halogens is 2. The average Bonchev–Trinajstić information content (AvgIpc) is 1.97. The average molecular weight is 207 g/mol. The fraction of sp³-hybridized carbons (Fsp3) is 0.250. The van der Waals surface area contributed by atoms with Crippen LogP contribution in [0.2, 0.25) is 10.0 Å². The first kappa shape index (κ1) is 9.24. The van der Waals surface area contributed by atoms with Gasteiger partial charge in [-0.1, -0.05) is 29.3 Å². The van der Waals surface area contributed by atoms with Crippen LogP contribution in [0.3, 0.4) is 0 Å². The molecule has 0 amide bonds. The summed E-state index contributed by atoms with van der Waals surface area (Å²) in [5, 5.41) is 1.40. The molecule has 0 saturated carbocycles. The molecule has 0 nitrogen and oxygen atoms in total. The molecule has 0 spiro atoms. The maximum absolute atomic E-state index is 5.87. The number of rotatable bonds is 1. The van der Waals surface area contributed by atoms with Crippen LogP contribution in [0.1, 0.15) is 11.1 Å². The van der Waals surface area contributed by atoms with Gasteiger partial charge >= 0.3 is 0 Å². The minimum absolute atomic E-state index is 0.650. The monoisotopic (exact) mass is 206 g/mol. The first-order chi connectivity index (χ1) is 5.15. The maximum Gasteiger partial charge on any atom is 0.0461 e. The van der Waals surface area contributed by atoms with E-state index >= 15 is 0 Å². The normalized spacial score (nSPS) is 10.2. The van der Waals surface area contributed by atoms with E-state index in [0.29, 0.717) is 15.8 Å². The Morgan fingerprint density at radius 2 is 1.91 bits per heavy atom. The Kier molecular flexibility index (Phi) is 3.11. The second-order valence-electron chi connectivity index (χ2n) is 2.35. The Morgan fingerprint density at radius 3 is 2.45 bits per heavy atom. The van der Waals surface area contributed by atoms with Gasteiger partial charge in [-0.25, -0.2) is 0 Å². The van der Waals surface area contributed by atoms with Crippen LogP contribution in [-0.2, 0) is 5.75 Å². The summed E-state index contributed by atoms with van der Waals surface area (Å²) in [5.74, 6) is 0.650. The minimum Gasteiger partial charge on any atom is -0.174 e. The van der Waals surface area contributed by atoms with Gasteiger partial charge in [0.2, 0.25) is 0 Å². The smallest absolute Gasteiger partial charge is 0.0461 e. The molecule has 11 heavy (non-hydrogen) atoms. The molecule has 0 aliphatic rings. The molecule has 0 radical (unpaired) electrons. The summed E-state index contributed by atoms with van der Waals surface area (Å²) >= 11 is 15.8. The Morgan fingerprint density at radius 1 is 1.27 bits per heavy atom. The molecule has 0 saturated heterocycles. The van der Waals surface area contributed by atoms with E-state index in [2.05, 4.69) is 12.6 Å². The SMILES string of the molecule is Cc1cc(CS)c(Cl)cc1Cl. The lowest BCUT2D eigenvalue weighted by Crippen LogP contribution is -1.83. The first-order valence-electron chi connectivity index (χ1n) is 3.20. The fourth-order valence-corrected chi connectivity index (χ4v) is 1.64. The van der Waals surface area contributed by atoms with Crippen molar-refractivity contribution in [1.29, 1.82) is 0 Å². The molecule has 0 atom stereocenters. The molecular formula is C8H8Cl2S. The highest BCUT2D eigenvalue weighted by Crippen LogP contribution is 2.25. The van der Waals surface area contributed by atoms with E-state index in [9.17, 15) is 0 Å². The highest BCUT2D eigenvalue weighted by molar-refractivity contribution is 7.79. The summed E-state index contributed by atoms with van der Waals surface area (Å²) in [7, 11) is 0. The van der Waals surface area contributed by atoms with Crippen LogP contribution in [0.5, 0.6) is 0 Å². The predicted octanol–water partition coefficient (Wildman–Crippen LogP) is 3.73. The molecule has 0 unspecified atom stereocenters. The van der Waals surface area contributed by atoms with Crippen LogP contribution >= 0.6 is 35.8 Å². The number of thiol groups is 1. The molecule has 1 aromatic rings. The van der Waals surface area contributed by atoms with Crippen molar-refractivity contribution in [2.45, 2.75) is 12.7 Å². The van der Waals surface area contributed by atoms with Gasteiger partial charge < -0.3 is 0 Å². The van der Waals surface area contributed by atoms with Gasteiger partial charge in [-0.2, -0.15) is 12.6 Å². The standard InChI is InChI=1S/C8H8Cl2S/c1-5-2-6(4-11)8(10)3-7(5)9/h2-3,11H,4H2,1H3. The predicted molar refractivity (Wildman–Crippen MR) is 53.9 cm³/mol. The van der Waals surface area contributed by atoms with Gasteiger partial charge in [0.15, 0.2) is 0 Å². The summed E-state index contributed by atoms with van der Waals surface area (Å²) in [4.78, 5) is 0. The van der Waals surface area contributed by atoms with Gasteiger partial charge in [-0.3, -0.25) is 0 Å². The topological polar surface area (TPSA) is 0 Å². The molecule has 0 N–H and O–H groups in total. The summed E-state index contributed by atoms with van der Waals surface area (Å²) in [6, 6.07) is 3.71. The van der Waals surface area contributed by atoms with Gasteiger partial charge in [0.05, 0.1) is 0 Å². The molecule has 0 heterocycles. The third-order valence-electron chi connectivity index (χ3n) is 1.50. The maximum atomic E-state index is 5.87. The third kappa shape index (κ3) is 2.05. The lowest BCUT2D eigenvalue weighted by atomic mass is 10.2. The molecule has 3 heteroatoms. The van der Waals surface area contributed by atoms with Crippen molar-refractivity contribution in [3.63, 3.8) is 0 Å². The van der Waals surface area contributed by atoms with Crippen LogP contribution in [-0.4, -0.2) is 0 Å². The van der Waals surface area contributed by atoms with Crippen LogP contribution in [0.25, 0.3) is 0 Å². The Hall–Kier alpha value is 0.150. The van der Waals surface area contributed by atoms with Gasteiger partial charge in [0.1, 0.15) is 0 Å². The van der Waals surface area contributed by atoms with Crippen molar-refractivity contribution >= 4 is 35.8 Å². The van der Waals surface area contributed by atoms with E-state index in [0.717, 1.165) is 11.1 Å². The molecule has 0 fully saturated rings. The van der Waals surface area contributed by atoms with Gasteiger partial charge in [0.25, 0.3) is 0 Å². The molecule has 0 aliphatic heterocycles. The summed E-state index contributed by atoms with van der Waals surface area (Å²) < 4.78 is 0. The third-order valence-corrected chi connectivity index (χ3v) is 2.60. The van der Waals surface area contributed by atoms with Crippen molar-refractivity contribution < 1.29 is 0 Å². The summed E-state index contributed by atoms with van der Waals surface area (Å²) in [5.41, 5.74) is 2.07. The van der Waals surface area contributed by atoms with E-state index in [1.54, 1.807) is 6.07 Å². The molecule has 0 bridgehead atoms. The van der Waals surface area contributed by atoms with Crippen molar-refractivity contribution in [3.05, 3.63) is 33.3 Å². The number of aryl methyl sites for hydroxylation is 1. The lowest BCUT2D eigenvalue weighted by Gasteiger charge is -2.03.